The van der Waals surface area contributed by atoms with E-state index in [0.717, 1.165) is 0 Å². The number of rotatable bonds is 4. The average Bonchev–Trinajstić information content (AvgIpc) is 2.16. The lowest BCUT2D eigenvalue weighted by atomic mass is 10.2. The lowest BCUT2D eigenvalue weighted by Crippen LogP contribution is -2.37. The van der Waals surface area contributed by atoms with Crippen molar-refractivity contribution in [1.82, 2.24) is 4.72 Å². The van der Waals surface area contributed by atoms with Crippen molar-refractivity contribution in [2.24, 2.45) is 5.73 Å². The van der Waals surface area contributed by atoms with Gasteiger partial charge in [-0.15, -0.1) is 0 Å². The third-order valence-corrected chi connectivity index (χ3v) is 4.12. The van der Waals surface area contributed by atoms with Crippen molar-refractivity contribution in [1.29, 1.82) is 0 Å². The van der Waals surface area contributed by atoms with Gasteiger partial charge in [0.2, 0.25) is 10.0 Å². The molecule has 0 saturated heterocycles. The van der Waals surface area contributed by atoms with Crippen LogP contribution in [0.2, 0.25) is 5.02 Å². The van der Waals surface area contributed by atoms with Gasteiger partial charge in [-0.25, -0.2) is 13.1 Å². The van der Waals surface area contributed by atoms with Crippen molar-refractivity contribution in [3.05, 3.63) is 28.8 Å². The van der Waals surface area contributed by atoms with E-state index in [2.05, 4.69) is 4.72 Å². The third kappa shape index (κ3) is 3.18. The van der Waals surface area contributed by atoms with E-state index < -0.39 is 10.0 Å². The SMILES string of the molecule is Cc1cc(Cl)ccc1S(=O)(=O)NC(C)CN. The van der Waals surface area contributed by atoms with E-state index in [4.69, 9.17) is 17.3 Å². The smallest absolute Gasteiger partial charge is 0.241 e. The monoisotopic (exact) mass is 262 g/mol. The summed E-state index contributed by atoms with van der Waals surface area (Å²) >= 11 is 5.76. The van der Waals surface area contributed by atoms with Gasteiger partial charge in [-0.1, -0.05) is 11.6 Å². The second kappa shape index (κ2) is 5.14. The minimum absolute atomic E-state index is 0.234. The van der Waals surface area contributed by atoms with Crippen LogP contribution in [0.5, 0.6) is 0 Å². The fourth-order valence-electron chi connectivity index (χ4n) is 1.29. The fourth-order valence-corrected chi connectivity index (χ4v) is 3.00. The summed E-state index contributed by atoms with van der Waals surface area (Å²) in [5, 5.41) is 0.517. The highest BCUT2D eigenvalue weighted by Gasteiger charge is 2.18. The highest BCUT2D eigenvalue weighted by molar-refractivity contribution is 7.89. The second-order valence-corrected chi connectivity index (χ2v) is 5.79. The predicted octanol–water partition coefficient (Wildman–Crippen LogP) is 1.27. The second-order valence-electron chi connectivity index (χ2n) is 3.67. The van der Waals surface area contributed by atoms with Crippen LogP contribution in [0.1, 0.15) is 12.5 Å². The average molecular weight is 263 g/mol. The normalized spacial score (nSPS) is 13.8. The minimum atomic E-state index is -3.51. The van der Waals surface area contributed by atoms with Crippen LogP contribution >= 0.6 is 11.6 Å². The number of aryl methyl sites for hydroxylation is 1. The quantitative estimate of drug-likeness (QED) is 0.858. The molecule has 0 spiro atoms. The summed E-state index contributed by atoms with van der Waals surface area (Å²) in [6.07, 6.45) is 0. The number of hydrogen-bond acceptors (Lipinski definition) is 3. The largest absolute Gasteiger partial charge is 0.329 e. The molecule has 0 radical (unpaired) electrons. The molecule has 0 aromatic heterocycles. The molecule has 16 heavy (non-hydrogen) atoms. The maximum absolute atomic E-state index is 11.9. The first kappa shape index (κ1) is 13.4. The summed E-state index contributed by atoms with van der Waals surface area (Å²) in [7, 11) is -3.51. The first-order valence-corrected chi connectivity index (χ1v) is 6.71. The summed E-state index contributed by atoms with van der Waals surface area (Å²) in [4.78, 5) is 0.234. The molecule has 4 nitrogen and oxygen atoms in total. The number of halogens is 1. The molecule has 1 aromatic carbocycles. The van der Waals surface area contributed by atoms with Gasteiger partial charge in [0, 0.05) is 17.6 Å². The maximum Gasteiger partial charge on any atom is 0.241 e. The van der Waals surface area contributed by atoms with E-state index in [-0.39, 0.29) is 17.5 Å². The molecule has 0 aliphatic rings. The summed E-state index contributed by atoms with van der Waals surface area (Å²) < 4.78 is 26.3. The topological polar surface area (TPSA) is 72.2 Å². The Morgan fingerprint density at radius 3 is 2.62 bits per heavy atom. The van der Waals surface area contributed by atoms with Gasteiger partial charge in [0.1, 0.15) is 0 Å². The number of sulfonamides is 1. The molecule has 1 aromatic rings. The van der Waals surface area contributed by atoms with Crippen molar-refractivity contribution in [2.75, 3.05) is 6.54 Å². The molecule has 1 atom stereocenters. The highest BCUT2D eigenvalue weighted by Crippen LogP contribution is 2.19. The Labute approximate surface area is 101 Å². The van der Waals surface area contributed by atoms with Gasteiger partial charge in [-0.05, 0) is 37.6 Å². The van der Waals surface area contributed by atoms with Gasteiger partial charge in [0.15, 0.2) is 0 Å². The lowest BCUT2D eigenvalue weighted by Gasteiger charge is -2.13. The summed E-state index contributed by atoms with van der Waals surface area (Å²) in [5.74, 6) is 0. The van der Waals surface area contributed by atoms with Crippen LogP contribution in [-0.4, -0.2) is 21.0 Å². The van der Waals surface area contributed by atoms with Crippen LogP contribution in [0.3, 0.4) is 0 Å². The zero-order valence-electron chi connectivity index (χ0n) is 9.20. The van der Waals surface area contributed by atoms with Crippen molar-refractivity contribution in [2.45, 2.75) is 24.8 Å². The highest BCUT2D eigenvalue weighted by atomic mass is 35.5. The number of nitrogens with two attached hydrogens (primary N) is 1. The number of hydrogen-bond donors (Lipinski definition) is 2. The van der Waals surface area contributed by atoms with Crippen LogP contribution in [0.15, 0.2) is 23.1 Å². The molecule has 0 fully saturated rings. The van der Waals surface area contributed by atoms with Crippen molar-refractivity contribution in [3.63, 3.8) is 0 Å². The van der Waals surface area contributed by atoms with E-state index in [1.807, 2.05) is 0 Å². The van der Waals surface area contributed by atoms with E-state index in [9.17, 15) is 8.42 Å². The number of benzene rings is 1. The molecular weight excluding hydrogens is 248 g/mol. The maximum atomic E-state index is 11.9. The van der Waals surface area contributed by atoms with Gasteiger partial charge in [-0.3, -0.25) is 0 Å². The van der Waals surface area contributed by atoms with Crippen molar-refractivity contribution < 1.29 is 8.42 Å². The molecule has 6 heteroatoms. The molecule has 3 N–H and O–H groups in total. The molecule has 90 valence electrons. The first-order chi connectivity index (χ1) is 7.36. The molecular formula is C10H15ClN2O2S. The van der Waals surface area contributed by atoms with Gasteiger partial charge < -0.3 is 5.73 Å². The first-order valence-electron chi connectivity index (χ1n) is 4.85. The predicted molar refractivity (Wildman–Crippen MR) is 65.0 cm³/mol. The molecule has 0 aliphatic heterocycles. The standard InChI is InChI=1S/C10H15ClN2O2S/c1-7-5-9(11)3-4-10(7)16(14,15)13-8(2)6-12/h3-5,8,13H,6,12H2,1-2H3. The summed E-state index contributed by atoms with van der Waals surface area (Å²) in [6, 6.07) is 4.36. The van der Waals surface area contributed by atoms with Crippen LogP contribution < -0.4 is 10.5 Å². The molecule has 1 rings (SSSR count). The van der Waals surface area contributed by atoms with Gasteiger partial charge in [0.25, 0.3) is 0 Å². The Morgan fingerprint density at radius 1 is 1.50 bits per heavy atom. The summed E-state index contributed by atoms with van der Waals surface area (Å²) in [5.41, 5.74) is 5.99. The Balaban J connectivity index is 3.08. The molecule has 0 aliphatic carbocycles. The summed E-state index contributed by atoms with van der Waals surface area (Å²) in [6.45, 7) is 3.67. The Bertz CT molecular complexity index is 474. The Hall–Kier alpha value is -0.620. The van der Waals surface area contributed by atoms with Gasteiger partial charge >= 0.3 is 0 Å². The van der Waals surface area contributed by atoms with E-state index in [1.165, 1.54) is 6.07 Å². The fraction of sp³-hybridized carbons (Fsp3) is 0.400. The van der Waals surface area contributed by atoms with E-state index >= 15 is 0 Å². The number of nitrogens with one attached hydrogen (secondary N) is 1. The Kier molecular flexibility index (Phi) is 4.32. The lowest BCUT2D eigenvalue weighted by molar-refractivity contribution is 0.562. The van der Waals surface area contributed by atoms with Crippen LogP contribution in [-0.2, 0) is 10.0 Å². The van der Waals surface area contributed by atoms with Gasteiger partial charge in [-0.2, -0.15) is 0 Å². The van der Waals surface area contributed by atoms with Crippen LogP contribution in [0, 0.1) is 6.92 Å². The minimum Gasteiger partial charge on any atom is -0.329 e. The third-order valence-electron chi connectivity index (χ3n) is 2.14. The Morgan fingerprint density at radius 2 is 2.12 bits per heavy atom. The molecule has 0 amide bonds. The van der Waals surface area contributed by atoms with E-state index in [1.54, 1.807) is 26.0 Å². The van der Waals surface area contributed by atoms with Gasteiger partial charge in [0.05, 0.1) is 4.90 Å². The zero-order valence-corrected chi connectivity index (χ0v) is 10.8. The van der Waals surface area contributed by atoms with Crippen molar-refractivity contribution in [3.8, 4) is 0 Å². The van der Waals surface area contributed by atoms with E-state index in [0.29, 0.717) is 10.6 Å². The van der Waals surface area contributed by atoms with Crippen molar-refractivity contribution >= 4 is 21.6 Å². The molecule has 1 unspecified atom stereocenters. The molecule has 0 bridgehead atoms. The van der Waals surface area contributed by atoms with Crippen LogP contribution in [0.25, 0.3) is 0 Å². The van der Waals surface area contributed by atoms with Crippen LogP contribution in [0.4, 0.5) is 0 Å². The molecule has 0 saturated carbocycles. The molecule has 0 heterocycles. The zero-order chi connectivity index (χ0) is 12.3.